The fourth-order valence-corrected chi connectivity index (χ4v) is 2.77. The molecular weight excluding hydrogens is 309 g/mol. The summed E-state index contributed by atoms with van der Waals surface area (Å²) in [4.78, 5) is 13.7. The molecule has 0 heterocycles. The van der Waals surface area contributed by atoms with Gasteiger partial charge in [0, 0.05) is 34.4 Å². The van der Waals surface area contributed by atoms with Crippen LogP contribution in [0.4, 0.5) is 0 Å². The van der Waals surface area contributed by atoms with Crippen molar-refractivity contribution in [2.45, 2.75) is 25.7 Å². The van der Waals surface area contributed by atoms with Crippen LogP contribution < -0.4 is 0 Å². The van der Waals surface area contributed by atoms with E-state index in [1.54, 1.807) is 11.8 Å². The lowest BCUT2D eigenvalue weighted by molar-refractivity contribution is 0.0772. The Balaban J connectivity index is 3.43. The van der Waals surface area contributed by atoms with Gasteiger partial charge in [-0.1, -0.05) is 11.6 Å². The fraction of sp³-hybridized carbons (Fsp3) is 0.417. The van der Waals surface area contributed by atoms with Gasteiger partial charge in [-0.15, -0.1) is 0 Å². The molecule has 0 saturated heterocycles. The summed E-state index contributed by atoms with van der Waals surface area (Å²) in [6.45, 7) is 6.43. The zero-order valence-corrected chi connectivity index (χ0v) is 13.2. The summed E-state index contributed by atoms with van der Waals surface area (Å²) >= 11 is 5.97. The molecule has 0 aliphatic heterocycles. The van der Waals surface area contributed by atoms with E-state index in [0.29, 0.717) is 18.7 Å². The predicted molar refractivity (Wildman–Crippen MR) is 76.5 cm³/mol. The molecule has 0 atom stereocenters. The van der Waals surface area contributed by atoms with Crippen molar-refractivity contribution in [1.29, 1.82) is 0 Å². The molecule has 1 aromatic carbocycles. The molecule has 1 rings (SSSR count). The van der Waals surface area contributed by atoms with Crippen molar-refractivity contribution in [3.63, 3.8) is 0 Å². The van der Waals surface area contributed by atoms with E-state index in [4.69, 9.17) is 22.3 Å². The number of benzene rings is 1. The highest BCUT2D eigenvalue weighted by molar-refractivity contribution is 8.13. The second-order valence-electron chi connectivity index (χ2n) is 3.99. The SMILES string of the molecule is CCN(CC)C(=O)c1cc(S(=O)(=O)Cl)cc(Cl)c1C. The number of rotatable bonds is 4. The number of hydrogen-bond acceptors (Lipinski definition) is 3. The molecule has 0 spiro atoms. The van der Waals surface area contributed by atoms with E-state index >= 15 is 0 Å². The van der Waals surface area contributed by atoms with Gasteiger partial charge in [-0.25, -0.2) is 8.42 Å². The number of carbonyl (C=O) groups is 1. The van der Waals surface area contributed by atoms with E-state index in [2.05, 4.69) is 0 Å². The first-order valence-corrected chi connectivity index (χ1v) is 8.45. The number of amides is 1. The summed E-state index contributed by atoms with van der Waals surface area (Å²) in [6.07, 6.45) is 0. The lowest BCUT2D eigenvalue weighted by atomic mass is 10.1. The average Bonchev–Trinajstić information content (AvgIpc) is 2.32. The summed E-state index contributed by atoms with van der Waals surface area (Å²) in [7, 11) is 1.38. The van der Waals surface area contributed by atoms with Crippen molar-refractivity contribution < 1.29 is 13.2 Å². The normalized spacial score (nSPS) is 11.4. The monoisotopic (exact) mass is 323 g/mol. The molecule has 106 valence electrons. The number of nitrogens with zero attached hydrogens (tertiary/aromatic N) is 1. The molecule has 1 amide bonds. The Labute approximate surface area is 122 Å². The molecule has 7 heteroatoms. The maximum atomic E-state index is 12.3. The third-order valence-electron chi connectivity index (χ3n) is 2.88. The molecule has 0 bridgehead atoms. The minimum atomic E-state index is -3.92. The largest absolute Gasteiger partial charge is 0.339 e. The molecule has 0 aromatic heterocycles. The summed E-state index contributed by atoms with van der Waals surface area (Å²) in [5, 5.41) is 0.206. The summed E-state index contributed by atoms with van der Waals surface area (Å²) in [5.41, 5.74) is 0.804. The molecule has 0 fully saturated rings. The van der Waals surface area contributed by atoms with Crippen molar-refractivity contribution in [1.82, 2.24) is 4.90 Å². The third-order valence-corrected chi connectivity index (χ3v) is 4.61. The Morgan fingerprint density at radius 1 is 1.26 bits per heavy atom. The van der Waals surface area contributed by atoms with Gasteiger partial charge in [0.25, 0.3) is 15.0 Å². The van der Waals surface area contributed by atoms with Crippen LogP contribution in [0, 0.1) is 6.92 Å². The first kappa shape index (κ1) is 16.3. The van der Waals surface area contributed by atoms with Gasteiger partial charge >= 0.3 is 0 Å². The molecule has 0 unspecified atom stereocenters. The van der Waals surface area contributed by atoms with Crippen molar-refractivity contribution in [3.05, 3.63) is 28.3 Å². The van der Waals surface area contributed by atoms with E-state index in [1.807, 2.05) is 13.8 Å². The van der Waals surface area contributed by atoms with Gasteiger partial charge in [0.05, 0.1) is 4.90 Å². The highest BCUT2D eigenvalue weighted by atomic mass is 35.7. The first-order chi connectivity index (χ1) is 8.72. The second-order valence-corrected chi connectivity index (χ2v) is 6.97. The topological polar surface area (TPSA) is 54.5 Å². The maximum absolute atomic E-state index is 12.3. The molecular formula is C12H15Cl2NO3S. The van der Waals surface area contributed by atoms with Gasteiger partial charge in [0.1, 0.15) is 0 Å². The quantitative estimate of drug-likeness (QED) is 0.800. The van der Waals surface area contributed by atoms with E-state index < -0.39 is 9.05 Å². The van der Waals surface area contributed by atoms with Crippen LogP contribution in [-0.2, 0) is 9.05 Å². The summed E-state index contributed by atoms with van der Waals surface area (Å²) in [5.74, 6) is -0.258. The summed E-state index contributed by atoms with van der Waals surface area (Å²) in [6, 6.07) is 2.52. The van der Waals surface area contributed by atoms with Crippen molar-refractivity contribution in [2.24, 2.45) is 0 Å². The van der Waals surface area contributed by atoms with Gasteiger partial charge in [-0.05, 0) is 38.5 Å². The van der Waals surface area contributed by atoms with Gasteiger partial charge < -0.3 is 4.90 Å². The molecule has 1 aromatic rings. The molecule has 4 nitrogen and oxygen atoms in total. The lowest BCUT2D eigenvalue weighted by Crippen LogP contribution is -2.31. The molecule has 0 aliphatic carbocycles. The van der Waals surface area contributed by atoms with Gasteiger partial charge in [-0.2, -0.15) is 0 Å². The number of halogens is 2. The smallest absolute Gasteiger partial charge is 0.261 e. The van der Waals surface area contributed by atoms with Crippen molar-refractivity contribution >= 4 is 37.2 Å². The number of hydrogen-bond donors (Lipinski definition) is 0. The van der Waals surface area contributed by atoms with Crippen LogP contribution in [0.25, 0.3) is 0 Å². The highest BCUT2D eigenvalue weighted by Crippen LogP contribution is 2.27. The fourth-order valence-electron chi connectivity index (χ4n) is 1.70. The first-order valence-electron chi connectivity index (χ1n) is 5.76. The lowest BCUT2D eigenvalue weighted by Gasteiger charge is -2.20. The standard InChI is InChI=1S/C12H15Cl2NO3S/c1-4-15(5-2)12(16)10-6-9(19(14,17)18)7-11(13)8(10)3/h6-7H,4-5H2,1-3H3. The minimum absolute atomic E-state index is 0.166. The third kappa shape index (κ3) is 3.61. The predicted octanol–water partition coefficient (Wildman–Crippen LogP) is 3.06. The Kier molecular flexibility index (Phi) is 5.24. The molecule has 19 heavy (non-hydrogen) atoms. The Hall–Kier alpha value is -0.780. The highest BCUT2D eigenvalue weighted by Gasteiger charge is 2.21. The zero-order valence-electron chi connectivity index (χ0n) is 10.9. The Morgan fingerprint density at radius 3 is 2.21 bits per heavy atom. The molecule has 0 aliphatic rings. The van der Waals surface area contributed by atoms with Crippen molar-refractivity contribution in [3.8, 4) is 0 Å². The number of carbonyl (C=O) groups excluding carboxylic acids is 1. The van der Waals surface area contributed by atoms with E-state index in [-0.39, 0.29) is 21.4 Å². The van der Waals surface area contributed by atoms with Crippen molar-refractivity contribution in [2.75, 3.05) is 13.1 Å². The van der Waals surface area contributed by atoms with Crippen LogP contribution in [0.2, 0.25) is 5.02 Å². The van der Waals surface area contributed by atoms with Crippen LogP contribution in [0.1, 0.15) is 29.8 Å². The van der Waals surface area contributed by atoms with Crippen LogP contribution >= 0.6 is 22.3 Å². The van der Waals surface area contributed by atoms with Gasteiger partial charge in [0.15, 0.2) is 0 Å². The zero-order chi connectivity index (χ0) is 14.8. The van der Waals surface area contributed by atoms with E-state index in [9.17, 15) is 13.2 Å². The van der Waals surface area contributed by atoms with Gasteiger partial charge in [-0.3, -0.25) is 4.79 Å². The molecule has 0 saturated carbocycles. The molecule has 0 N–H and O–H groups in total. The second kappa shape index (κ2) is 6.11. The maximum Gasteiger partial charge on any atom is 0.261 e. The van der Waals surface area contributed by atoms with Crippen LogP contribution in [0.5, 0.6) is 0 Å². The van der Waals surface area contributed by atoms with Crippen LogP contribution in [-0.4, -0.2) is 32.3 Å². The summed E-state index contributed by atoms with van der Waals surface area (Å²) < 4.78 is 22.7. The Morgan fingerprint density at radius 2 is 1.79 bits per heavy atom. The molecule has 0 radical (unpaired) electrons. The van der Waals surface area contributed by atoms with E-state index in [0.717, 1.165) is 0 Å². The van der Waals surface area contributed by atoms with E-state index in [1.165, 1.54) is 12.1 Å². The van der Waals surface area contributed by atoms with Crippen LogP contribution in [0.15, 0.2) is 17.0 Å². The van der Waals surface area contributed by atoms with Crippen LogP contribution in [0.3, 0.4) is 0 Å². The minimum Gasteiger partial charge on any atom is -0.339 e. The average molecular weight is 324 g/mol. The van der Waals surface area contributed by atoms with Gasteiger partial charge in [0.2, 0.25) is 0 Å². The Bertz CT molecular complexity index is 595.